The van der Waals surface area contributed by atoms with E-state index >= 15 is 0 Å². The van der Waals surface area contributed by atoms with Gasteiger partial charge in [0.2, 0.25) is 0 Å². The summed E-state index contributed by atoms with van der Waals surface area (Å²) in [5.74, 6) is 2.34. The molecule has 2 atom stereocenters. The molecule has 14 rings (SSSR count). The third kappa shape index (κ3) is 5.01. The summed E-state index contributed by atoms with van der Waals surface area (Å²) in [6.07, 6.45) is 9.25. The van der Waals surface area contributed by atoms with Crippen molar-refractivity contribution in [1.82, 2.24) is 19.5 Å². The minimum absolute atomic E-state index is 0.311. The fourth-order valence-electron chi connectivity index (χ4n) is 10.1. The third-order valence-electron chi connectivity index (χ3n) is 12.9. The van der Waals surface area contributed by atoms with Crippen LogP contribution in [0.15, 0.2) is 182 Å². The topological polar surface area (TPSA) is 43.6 Å². The number of nitrogens with zero attached hydrogens (tertiary/aromatic N) is 4. The molecule has 0 N–H and O–H groups in total. The van der Waals surface area contributed by atoms with Gasteiger partial charge in [-0.2, -0.15) is 0 Å². The molecule has 4 heterocycles. The number of benzene rings is 9. The van der Waals surface area contributed by atoms with E-state index in [0.29, 0.717) is 43.3 Å². The quantitative estimate of drug-likeness (QED) is 0.131. The molecule has 6 heteroatoms. The summed E-state index contributed by atoms with van der Waals surface area (Å²) in [6, 6.07) is 57.8. The van der Waals surface area contributed by atoms with Gasteiger partial charge in [-0.05, 0) is 5.39 Å². The van der Waals surface area contributed by atoms with Crippen LogP contribution in [-0.4, -0.2) is 34.5 Å². The van der Waals surface area contributed by atoms with Crippen LogP contribution >= 0.6 is 11.3 Å². The van der Waals surface area contributed by atoms with Gasteiger partial charge in [-0.25, -0.2) is 0 Å². The van der Waals surface area contributed by atoms with Gasteiger partial charge in [0.25, 0.3) is 0 Å². The third-order valence-corrected chi connectivity index (χ3v) is 16.9. The molecular formula is C55H32N4SSe. The van der Waals surface area contributed by atoms with Gasteiger partial charge in [-0.3, -0.25) is 0 Å². The second-order valence-corrected chi connectivity index (χ2v) is 19.9. The van der Waals surface area contributed by atoms with E-state index in [0.717, 1.165) is 27.5 Å². The van der Waals surface area contributed by atoms with E-state index in [1.165, 1.54) is 78.7 Å². The average molecular weight is 860 g/mol. The zero-order valence-corrected chi connectivity index (χ0v) is 35.1. The van der Waals surface area contributed by atoms with Crippen molar-refractivity contribution >= 4 is 116 Å². The van der Waals surface area contributed by atoms with E-state index in [4.69, 9.17) is 15.0 Å². The minimum atomic E-state index is 0.311. The first-order valence-electron chi connectivity index (χ1n) is 20.7. The number of allylic oxidation sites excluding steroid dienone is 4. The van der Waals surface area contributed by atoms with E-state index in [-0.39, 0.29) is 0 Å². The molecule has 0 fully saturated rings. The van der Waals surface area contributed by atoms with Crippen molar-refractivity contribution < 1.29 is 0 Å². The van der Waals surface area contributed by atoms with Crippen LogP contribution in [0.25, 0.3) is 114 Å². The first-order valence-corrected chi connectivity index (χ1v) is 23.4. The molecule has 0 bridgehead atoms. The maximum atomic E-state index is 5.51. The molecular weight excluding hydrogens is 828 g/mol. The number of hydrogen-bond acceptors (Lipinski definition) is 4. The van der Waals surface area contributed by atoms with Crippen LogP contribution in [0.5, 0.6) is 0 Å². The van der Waals surface area contributed by atoms with Crippen LogP contribution in [0.1, 0.15) is 11.5 Å². The van der Waals surface area contributed by atoms with Gasteiger partial charge in [-0.15, -0.1) is 0 Å². The van der Waals surface area contributed by atoms with Crippen molar-refractivity contribution in [3.05, 3.63) is 188 Å². The van der Waals surface area contributed by atoms with Crippen molar-refractivity contribution in [3.8, 4) is 28.7 Å². The summed E-state index contributed by atoms with van der Waals surface area (Å²) < 4.78 is 6.38. The van der Waals surface area contributed by atoms with Crippen LogP contribution in [0, 0.1) is 0 Å². The second-order valence-electron chi connectivity index (χ2n) is 16.3. The van der Waals surface area contributed by atoms with Gasteiger partial charge < -0.3 is 0 Å². The predicted molar refractivity (Wildman–Crippen MR) is 258 cm³/mol. The number of rotatable bonds is 3. The summed E-state index contributed by atoms with van der Waals surface area (Å²) in [7, 11) is 0. The van der Waals surface area contributed by atoms with E-state index in [9.17, 15) is 0 Å². The van der Waals surface area contributed by atoms with Crippen molar-refractivity contribution in [1.29, 1.82) is 0 Å². The van der Waals surface area contributed by atoms with Gasteiger partial charge in [0.05, 0.1) is 0 Å². The summed E-state index contributed by atoms with van der Waals surface area (Å²) in [5, 5.41) is 14.7. The van der Waals surface area contributed by atoms with Crippen LogP contribution in [-0.2, 0) is 0 Å². The molecule has 61 heavy (non-hydrogen) atoms. The summed E-state index contributed by atoms with van der Waals surface area (Å²) in [6.45, 7) is 0. The molecule has 284 valence electrons. The second kappa shape index (κ2) is 12.8. The standard InChI is InChI=1S/C55H32N4SSe/c1-2-12-32-25-33(22-21-31(32)11-1)53-56-54(34-23-24-39-37-15-4-3-13-35(37)36-14-5-6-16-38(36)42(39)26-34)58-55(57-53)59-47-28-45-40-17-7-9-19-49(40)60-50(45)29-44(47)43-27-46-41-18-8-10-20-51(41)61-52(46)30-48(43)59/h1-30,41,51H. The van der Waals surface area contributed by atoms with E-state index < -0.39 is 0 Å². The molecule has 0 spiro atoms. The molecule has 1 aliphatic carbocycles. The van der Waals surface area contributed by atoms with Crippen molar-refractivity contribution in [2.24, 2.45) is 0 Å². The zero-order valence-electron chi connectivity index (χ0n) is 32.6. The molecule has 4 nitrogen and oxygen atoms in total. The molecule has 3 aromatic heterocycles. The molecule has 2 aliphatic rings. The number of aromatic nitrogens is 4. The fraction of sp³-hybridized carbons (Fsp3) is 0.0364. The Bertz CT molecular complexity index is 3910. The molecule has 12 aromatic rings. The first-order chi connectivity index (χ1) is 30.2. The number of fused-ring (bicyclic) bond motifs is 16. The average Bonchev–Trinajstić information content (AvgIpc) is 3.98. The Labute approximate surface area is 360 Å². The van der Waals surface area contributed by atoms with E-state index in [1.54, 1.807) is 0 Å². The molecule has 0 saturated carbocycles. The van der Waals surface area contributed by atoms with Gasteiger partial charge >= 0.3 is 308 Å². The van der Waals surface area contributed by atoms with Gasteiger partial charge in [0.1, 0.15) is 0 Å². The molecule has 0 saturated heterocycles. The Morgan fingerprint density at radius 1 is 0.443 bits per heavy atom. The van der Waals surface area contributed by atoms with Crippen LogP contribution in [0.4, 0.5) is 0 Å². The van der Waals surface area contributed by atoms with Crippen LogP contribution < -0.4 is 4.46 Å². The maximum absolute atomic E-state index is 5.51. The summed E-state index contributed by atoms with van der Waals surface area (Å²) in [4.78, 5) is 16.8. The Morgan fingerprint density at radius 3 is 1.87 bits per heavy atom. The molecule has 0 radical (unpaired) electrons. The normalized spacial score (nSPS) is 16.0. The first kappa shape index (κ1) is 33.8. The van der Waals surface area contributed by atoms with Gasteiger partial charge in [-0.1, -0.05) is 48.5 Å². The molecule has 9 aromatic carbocycles. The summed E-state index contributed by atoms with van der Waals surface area (Å²) in [5.41, 5.74) is 5.62. The van der Waals surface area contributed by atoms with Gasteiger partial charge in [0, 0.05) is 0 Å². The van der Waals surface area contributed by atoms with E-state index in [1.807, 2.05) is 11.3 Å². The van der Waals surface area contributed by atoms with Crippen molar-refractivity contribution in [2.45, 2.75) is 10.7 Å². The monoisotopic (exact) mass is 860 g/mol. The number of thiophene rings is 1. The van der Waals surface area contributed by atoms with Crippen LogP contribution in [0.2, 0.25) is 4.82 Å². The summed E-state index contributed by atoms with van der Waals surface area (Å²) >= 11 is 2.18. The SMILES string of the molecule is C1=CC2[Se]c3cc4c(cc3C2C=C1)c1cc2sc3ccccc3c2cc1n4-c1nc(-c2ccc3ccccc3c2)nc(-c2ccc3c4ccccc4c4ccccc4c3c2)n1. The molecule has 0 amide bonds. The Kier molecular flexibility index (Phi) is 7.09. The Morgan fingerprint density at radius 2 is 1.07 bits per heavy atom. The van der Waals surface area contributed by atoms with Crippen molar-refractivity contribution in [3.63, 3.8) is 0 Å². The number of hydrogen-bond donors (Lipinski definition) is 0. The fourth-order valence-corrected chi connectivity index (χ4v) is 14.1. The molecule has 2 unspecified atom stereocenters. The van der Waals surface area contributed by atoms with Crippen molar-refractivity contribution in [2.75, 3.05) is 0 Å². The van der Waals surface area contributed by atoms with Gasteiger partial charge in [0.15, 0.2) is 0 Å². The zero-order chi connectivity index (χ0) is 39.8. The van der Waals surface area contributed by atoms with E-state index in [2.05, 4.69) is 187 Å². The Hall–Kier alpha value is -6.95. The van der Waals surface area contributed by atoms with Crippen LogP contribution in [0.3, 0.4) is 0 Å². The molecule has 1 aliphatic heterocycles. The Balaban J connectivity index is 1.08. The predicted octanol–water partition coefficient (Wildman–Crippen LogP) is 13.6.